The third-order valence-corrected chi connectivity index (χ3v) is 4.28. The molecule has 0 fully saturated rings. The number of rotatable bonds is 7. The van der Waals surface area contributed by atoms with Crippen LogP contribution in [0.4, 0.5) is 0 Å². The monoisotopic (exact) mass is 365 g/mol. The van der Waals surface area contributed by atoms with Crippen LogP contribution in [0.25, 0.3) is 17.2 Å². The molecule has 0 aliphatic rings. The number of nitrogens with one attached hydrogen (secondary N) is 1. The molecule has 0 aliphatic heterocycles. The molecule has 1 heterocycles. The molecule has 1 aromatic heterocycles. The third kappa shape index (κ3) is 4.54. The Kier molecular flexibility index (Phi) is 5.88. The molecule has 27 heavy (non-hydrogen) atoms. The van der Waals surface area contributed by atoms with Gasteiger partial charge in [-0.2, -0.15) is 0 Å². The van der Waals surface area contributed by atoms with Crippen LogP contribution in [0.5, 0.6) is 5.75 Å². The molecule has 1 atom stereocenters. The average Bonchev–Trinajstić information content (AvgIpc) is 3.09. The van der Waals surface area contributed by atoms with Gasteiger partial charge >= 0.3 is 0 Å². The Bertz CT molecular complexity index is 914. The van der Waals surface area contributed by atoms with E-state index in [2.05, 4.69) is 10.3 Å². The van der Waals surface area contributed by atoms with Crippen molar-refractivity contribution in [3.05, 3.63) is 66.1 Å². The highest BCUT2D eigenvalue weighted by Gasteiger charge is 2.18. The van der Waals surface area contributed by atoms with E-state index in [9.17, 15) is 4.79 Å². The highest BCUT2D eigenvalue weighted by molar-refractivity contribution is 5.91. The fourth-order valence-corrected chi connectivity index (χ4v) is 2.88. The summed E-state index contributed by atoms with van der Waals surface area (Å²) in [5.41, 5.74) is 2.48. The van der Waals surface area contributed by atoms with Gasteiger partial charge in [0.05, 0.1) is 13.2 Å². The number of nitrogens with zero attached hydrogens (tertiary/aromatic N) is 2. The molecule has 0 radical (unpaired) electrons. The number of methoxy groups -OCH3 is 1. The molecular weight excluding hydrogens is 342 g/mol. The number of fused-ring (bicyclic) bond motifs is 1. The number of amides is 1. The first-order chi connectivity index (χ1) is 13.1. The molecular formula is C21H23N3O3. The molecule has 0 spiro atoms. The highest BCUT2D eigenvalue weighted by atomic mass is 16.5. The van der Waals surface area contributed by atoms with Crippen molar-refractivity contribution in [3.63, 3.8) is 0 Å². The Hall–Kier alpha value is -3.12. The predicted molar refractivity (Wildman–Crippen MR) is 105 cm³/mol. The maximum atomic E-state index is 12.2. The molecule has 0 bridgehead atoms. The standard InChI is InChI=1S/C21H23N3O3/c1-24(2)17(15-8-4-6-10-18(15)26-3)14-22-20(25)12-13-21-23-16-9-5-7-11-19(16)27-21/h4-13,17H,14H2,1-3H3,(H,22,25)/b13-12+. The zero-order chi connectivity index (χ0) is 19.2. The van der Waals surface area contributed by atoms with Crippen LogP contribution in [0, 0.1) is 0 Å². The van der Waals surface area contributed by atoms with E-state index in [4.69, 9.17) is 9.15 Å². The molecule has 6 heteroatoms. The number of hydrogen-bond acceptors (Lipinski definition) is 5. The number of para-hydroxylation sites is 3. The molecule has 0 saturated heterocycles. The average molecular weight is 365 g/mol. The largest absolute Gasteiger partial charge is 0.496 e. The lowest BCUT2D eigenvalue weighted by molar-refractivity contribution is -0.116. The minimum atomic E-state index is -0.209. The van der Waals surface area contributed by atoms with Crippen molar-refractivity contribution in [2.24, 2.45) is 0 Å². The maximum absolute atomic E-state index is 12.2. The number of ether oxygens (including phenoxy) is 1. The summed E-state index contributed by atoms with van der Waals surface area (Å²) in [7, 11) is 5.59. The van der Waals surface area contributed by atoms with Gasteiger partial charge in [0.25, 0.3) is 0 Å². The van der Waals surface area contributed by atoms with Crippen LogP contribution in [-0.2, 0) is 4.79 Å². The molecule has 3 aromatic rings. The van der Waals surface area contributed by atoms with Crippen molar-refractivity contribution in [1.82, 2.24) is 15.2 Å². The van der Waals surface area contributed by atoms with Crippen LogP contribution in [0.2, 0.25) is 0 Å². The lowest BCUT2D eigenvalue weighted by Gasteiger charge is -2.26. The van der Waals surface area contributed by atoms with Gasteiger partial charge in [-0.25, -0.2) is 4.98 Å². The Morgan fingerprint density at radius 1 is 1.22 bits per heavy atom. The van der Waals surface area contributed by atoms with E-state index in [0.29, 0.717) is 18.0 Å². The minimum absolute atomic E-state index is 0.0113. The summed E-state index contributed by atoms with van der Waals surface area (Å²) in [5.74, 6) is 0.992. The van der Waals surface area contributed by atoms with Crippen molar-refractivity contribution in [3.8, 4) is 5.75 Å². The lowest BCUT2D eigenvalue weighted by Crippen LogP contribution is -2.33. The molecule has 1 amide bonds. The number of carbonyl (C=O) groups is 1. The van der Waals surface area contributed by atoms with Gasteiger partial charge in [0.2, 0.25) is 11.8 Å². The molecule has 3 rings (SSSR count). The van der Waals surface area contributed by atoms with Crippen molar-refractivity contribution in [2.75, 3.05) is 27.7 Å². The van der Waals surface area contributed by atoms with Crippen LogP contribution in [0.1, 0.15) is 17.5 Å². The first kappa shape index (κ1) is 18.7. The number of hydrogen-bond donors (Lipinski definition) is 1. The number of aromatic nitrogens is 1. The van der Waals surface area contributed by atoms with E-state index >= 15 is 0 Å². The van der Waals surface area contributed by atoms with Gasteiger partial charge in [-0.15, -0.1) is 0 Å². The van der Waals surface area contributed by atoms with Crippen LogP contribution < -0.4 is 10.1 Å². The fraction of sp³-hybridized carbons (Fsp3) is 0.238. The van der Waals surface area contributed by atoms with E-state index < -0.39 is 0 Å². The summed E-state index contributed by atoms with van der Waals surface area (Å²) in [6, 6.07) is 15.3. The molecule has 1 N–H and O–H groups in total. The van der Waals surface area contributed by atoms with Crippen molar-refractivity contribution in [2.45, 2.75) is 6.04 Å². The number of benzene rings is 2. The quantitative estimate of drug-likeness (QED) is 0.651. The van der Waals surface area contributed by atoms with E-state index in [1.165, 1.54) is 6.08 Å². The lowest BCUT2D eigenvalue weighted by atomic mass is 10.0. The molecule has 1 unspecified atom stereocenters. The minimum Gasteiger partial charge on any atom is -0.496 e. The van der Waals surface area contributed by atoms with Crippen molar-refractivity contribution >= 4 is 23.1 Å². The second kappa shape index (κ2) is 8.51. The summed E-state index contributed by atoms with van der Waals surface area (Å²) in [6.07, 6.45) is 3.00. The van der Waals surface area contributed by atoms with Gasteiger partial charge in [-0.3, -0.25) is 4.79 Å². The Balaban J connectivity index is 1.65. The zero-order valence-electron chi connectivity index (χ0n) is 15.7. The van der Waals surface area contributed by atoms with E-state index in [-0.39, 0.29) is 11.9 Å². The summed E-state index contributed by atoms with van der Waals surface area (Å²) in [5, 5.41) is 2.93. The Labute approximate surface area is 158 Å². The molecule has 140 valence electrons. The Morgan fingerprint density at radius 3 is 2.70 bits per heavy atom. The Morgan fingerprint density at radius 2 is 1.96 bits per heavy atom. The van der Waals surface area contributed by atoms with E-state index in [0.717, 1.165) is 16.8 Å². The third-order valence-electron chi connectivity index (χ3n) is 4.28. The highest BCUT2D eigenvalue weighted by Crippen LogP contribution is 2.27. The summed E-state index contributed by atoms with van der Waals surface area (Å²) < 4.78 is 11.0. The van der Waals surface area contributed by atoms with Gasteiger partial charge in [0.1, 0.15) is 11.3 Å². The van der Waals surface area contributed by atoms with Gasteiger partial charge in [-0.05, 0) is 32.3 Å². The molecule has 6 nitrogen and oxygen atoms in total. The number of oxazole rings is 1. The van der Waals surface area contributed by atoms with Crippen LogP contribution in [-0.4, -0.2) is 43.5 Å². The second-order valence-corrected chi connectivity index (χ2v) is 6.32. The number of likely N-dealkylation sites (N-methyl/N-ethyl adjacent to an activating group) is 1. The molecule has 0 aliphatic carbocycles. The maximum Gasteiger partial charge on any atom is 0.244 e. The van der Waals surface area contributed by atoms with Gasteiger partial charge in [0.15, 0.2) is 5.58 Å². The van der Waals surface area contributed by atoms with Crippen LogP contribution >= 0.6 is 0 Å². The first-order valence-electron chi connectivity index (χ1n) is 8.69. The summed E-state index contributed by atoms with van der Waals surface area (Å²) in [6.45, 7) is 0.449. The van der Waals surface area contributed by atoms with Crippen molar-refractivity contribution in [1.29, 1.82) is 0 Å². The second-order valence-electron chi connectivity index (χ2n) is 6.32. The molecule has 0 saturated carbocycles. The predicted octanol–water partition coefficient (Wildman–Crippen LogP) is 3.27. The fourth-order valence-electron chi connectivity index (χ4n) is 2.88. The SMILES string of the molecule is COc1ccccc1C(CNC(=O)/C=C/c1nc2ccccc2o1)N(C)C. The zero-order valence-corrected chi connectivity index (χ0v) is 15.7. The first-order valence-corrected chi connectivity index (χ1v) is 8.69. The summed E-state index contributed by atoms with van der Waals surface area (Å²) in [4.78, 5) is 18.6. The van der Waals surface area contributed by atoms with Gasteiger partial charge in [-0.1, -0.05) is 30.3 Å². The normalized spacial score (nSPS) is 12.6. The van der Waals surface area contributed by atoms with E-state index in [1.54, 1.807) is 13.2 Å². The van der Waals surface area contributed by atoms with Crippen LogP contribution in [0.3, 0.4) is 0 Å². The van der Waals surface area contributed by atoms with Crippen molar-refractivity contribution < 1.29 is 13.9 Å². The summed E-state index contributed by atoms with van der Waals surface area (Å²) >= 11 is 0. The number of carbonyl (C=O) groups excluding carboxylic acids is 1. The smallest absolute Gasteiger partial charge is 0.244 e. The van der Waals surface area contributed by atoms with E-state index in [1.807, 2.05) is 67.5 Å². The van der Waals surface area contributed by atoms with Gasteiger partial charge < -0.3 is 19.4 Å². The van der Waals surface area contributed by atoms with Gasteiger partial charge in [0, 0.05) is 24.3 Å². The van der Waals surface area contributed by atoms with Crippen LogP contribution in [0.15, 0.2) is 59.0 Å². The topological polar surface area (TPSA) is 67.6 Å². The molecule has 2 aromatic carbocycles.